The van der Waals surface area contributed by atoms with Gasteiger partial charge in [-0.05, 0) is 40.5 Å². The Hall–Kier alpha value is -1.81. The molecule has 0 bridgehead atoms. The maximum Gasteiger partial charge on any atom is 0.344 e. The topological polar surface area (TPSA) is 118 Å². The highest BCUT2D eigenvalue weighted by atomic mass is 32.2. The SMILES string of the molecule is CC(Sc1n[nH]c(=O)n1CC1CCCO1)C(=O)NC(=O)NC(C)(C)C. The van der Waals surface area contributed by atoms with E-state index in [4.69, 9.17) is 4.74 Å². The second kappa shape index (κ2) is 8.05. The number of rotatable bonds is 5. The summed E-state index contributed by atoms with van der Waals surface area (Å²) in [6.07, 6.45) is 1.85. The van der Waals surface area contributed by atoms with Gasteiger partial charge in [0.1, 0.15) is 0 Å². The molecule has 10 heteroatoms. The highest BCUT2D eigenvalue weighted by Crippen LogP contribution is 2.22. The molecule has 1 fully saturated rings. The summed E-state index contributed by atoms with van der Waals surface area (Å²) in [7, 11) is 0. The van der Waals surface area contributed by atoms with Crippen LogP contribution in [0.1, 0.15) is 40.5 Å². The summed E-state index contributed by atoms with van der Waals surface area (Å²) in [4.78, 5) is 35.9. The zero-order valence-electron chi connectivity index (χ0n) is 14.9. The number of imide groups is 1. The highest BCUT2D eigenvalue weighted by molar-refractivity contribution is 8.00. The largest absolute Gasteiger partial charge is 0.376 e. The summed E-state index contributed by atoms with van der Waals surface area (Å²) >= 11 is 1.12. The number of aromatic amines is 1. The molecule has 1 aromatic rings. The Morgan fingerprint density at radius 2 is 2.20 bits per heavy atom. The minimum Gasteiger partial charge on any atom is -0.376 e. The molecule has 140 valence electrons. The molecule has 2 unspecified atom stereocenters. The molecule has 1 aliphatic heterocycles. The summed E-state index contributed by atoms with van der Waals surface area (Å²) in [5, 5.41) is 11.1. The van der Waals surface area contributed by atoms with E-state index in [0.717, 1.165) is 24.6 Å². The third kappa shape index (κ3) is 5.89. The first-order valence-electron chi connectivity index (χ1n) is 8.22. The van der Waals surface area contributed by atoms with Gasteiger partial charge in [0.05, 0.1) is 17.9 Å². The molecule has 3 amide bonds. The van der Waals surface area contributed by atoms with Crippen molar-refractivity contribution in [2.45, 2.75) is 69.1 Å². The molecule has 2 heterocycles. The number of hydrogen-bond acceptors (Lipinski definition) is 6. The number of carbonyl (C=O) groups is 2. The molecule has 1 aliphatic rings. The smallest absolute Gasteiger partial charge is 0.344 e. The molecule has 0 spiro atoms. The monoisotopic (exact) mass is 371 g/mol. The van der Waals surface area contributed by atoms with E-state index in [1.54, 1.807) is 6.92 Å². The van der Waals surface area contributed by atoms with Crippen LogP contribution in [-0.4, -0.2) is 50.2 Å². The number of amides is 3. The second-order valence-corrected chi connectivity index (χ2v) is 8.32. The number of hydrogen-bond donors (Lipinski definition) is 3. The van der Waals surface area contributed by atoms with E-state index >= 15 is 0 Å². The van der Waals surface area contributed by atoms with E-state index < -0.39 is 22.7 Å². The van der Waals surface area contributed by atoms with Crippen LogP contribution < -0.4 is 16.3 Å². The molecule has 0 radical (unpaired) electrons. The van der Waals surface area contributed by atoms with E-state index in [2.05, 4.69) is 20.8 Å². The van der Waals surface area contributed by atoms with Gasteiger partial charge in [0.2, 0.25) is 5.91 Å². The molecule has 1 saturated heterocycles. The zero-order chi connectivity index (χ0) is 18.6. The molecule has 25 heavy (non-hydrogen) atoms. The van der Waals surface area contributed by atoms with Crippen LogP contribution in [0.4, 0.5) is 4.79 Å². The van der Waals surface area contributed by atoms with Crippen LogP contribution in [0.15, 0.2) is 9.95 Å². The van der Waals surface area contributed by atoms with Gasteiger partial charge >= 0.3 is 11.7 Å². The summed E-state index contributed by atoms with van der Waals surface area (Å²) in [5.41, 5.74) is -0.777. The van der Waals surface area contributed by atoms with Crippen LogP contribution in [0.5, 0.6) is 0 Å². The standard InChI is InChI=1S/C15H25N5O4S/c1-9(11(21)16-12(22)17-15(2,3)4)25-14-19-18-13(23)20(14)8-10-6-5-7-24-10/h9-10H,5-8H2,1-4H3,(H,18,23)(H2,16,17,21,22). The first-order valence-corrected chi connectivity index (χ1v) is 9.10. The van der Waals surface area contributed by atoms with E-state index in [-0.39, 0.29) is 11.8 Å². The third-order valence-corrected chi connectivity index (χ3v) is 4.60. The zero-order valence-corrected chi connectivity index (χ0v) is 15.7. The van der Waals surface area contributed by atoms with E-state index in [9.17, 15) is 14.4 Å². The minimum absolute atomic E-state index is 0.0173. The predicted octanol–water partition coefficient (Wildman–Crippen LogP) is 0.855. The first kappa shape index (κ1) is 19.5. The molecule has 0 aromatic carbocycles. The minimum atomic E-state index is -0.593. The lowest BCUT2D eigenvalue weighted by Crippen LogP contribution is -2.49. The Morgan fingerprint density at radius 3 is 2.80 bits per heavy atom. The van der Waals surface area contributed by atoms with Gasteiger partial charge in [0.25, 0.3) is 0 Å². The van der Waals surface area contributed by atoms with E-state index in [1.807, 2.05) is 20.8 Å². The van der Waals surface area contributed by atoms with Gasteiger partial charge in [-0.2, -0.15) is 0 Å². The predicted molar refractivity (Wildman–Crippen MR) is 93.6 cm³/mol. The van der Waals surface area contributed by atoms with Gasteiger partial charge < -0.3 is 10.1 Å². The number of carbonyl (C=O) groups excluding carboxylic acids is 2. The Morgan fingerprint density at radius 1 is 1.48 bits per heavy atom. The van der Waals surface area contributed by atoms with Gasteiger partial charge in [-0.3, -0.25) is 14.7 Å². The van der Waals surface area contributed by atoms with Crippen molar-refractivity contribution < 1.29 is 14.3 Å². The third-order valence-electron chi connectivity index (χ3n) is 3.51. The fraction of sp³-hybridized carbons (Fsp3) is 0.733. The number of urea groups is 1. The van der Waals surface area contributed by atoms with Crippen molar-refractivity contribution >= 4 is 23.7 Å². The van der Waals surface area contributed by atoms with Gasteiger partial charge in [-0.1, -0.05) is 11.8 Å². The lowest BCUT2D eigenvalue weighted by atomic mass is 10.1. The van der Waals surface area contributed by atoms with E-state index in [1.165, 1.54) is 4.57 Å². The molecular formula is C15H25N5O4S. The molecule has 9 nitrogen and oxygen atoms in total. The van der Waals surface area contributed by atoms with Crippen molar-refractivity contribution in [2.75, 3.05) is 6.61 Å². The number of nitrogens with zero attached hydrogens (tertiary/aromatic N) is 2. The fourth-order valence-electron chi connectivity index (χ4n) is 2.34. The van der Waals surface area contributed by atoms with Crippen LogP contribution >= 0.6 is 11.8 Å². The van der Waals surface area contributed by atoms with Gasteiger partial charge in [0.15, 0.2) is 5.16 Å². The van der Waals surface area contributed by atoms with Crippen molar-refractivity contribution in [1.29, 1.82) is 0 Å². The Bertz CT molecular complexity index is 672. The molecule has 0 saturated carbocycles. The Labute approximate surface area is 150 Å². The lowest BCUT2D eigenvalue weighted by Gasteiger charge is -2.21. The highest BCUT2D eigenvalue weighted by Gasteiger charge is 2.24. The summed E-state index contributed by atoms with van der Waals surface area (Å²) in [6.45, 7) is 8.21. The summed E-state index contributed by atoms with van der Waals surface area (Å²) in [5.74, 6) is -0.453. The average molecular weight is 371 g/mol. The number of thioether (sulfide) groups is 1. The van der Waals surface area contributed by atoms with Crippen molar-refractivity contribution in [3.63, 3.8) is 0 Å². The molecular weight excluding hydrogens is 346 g/mol. The Kier molecular flexibility index (Phi) is 6.28. The summed E-state index contributed by atoms with van der Waals surface area (Å²) in [6, 6.07) is -0.552. The van der Waals surface area contributed by atoms with Gasteiger partial charge in [0, 0.05) is 12.1 Å². The van der Waals surface area contributed by atoms with Gasteiger partial charge in [-0.25, -0.2) is 14.7 Å². The van der Waals surface area contributed by atoms with Crippen molar-refractivity contribution in [3.05, 3.63) is 10.5 Å². The van der Waals surface area contributed by atoms with Crippen LogP contribution in [0, 0.1) is 0 Å². The molecule has 0 aliphatic carbocycles. The van der Waals surface area contributed by atoms with Crippen LogP contribution in [0.25, 0.3) is 0 Å². The molecule has 3 N–H and O–H groups in total. The van der Waals surface area contributed by atoms with Crippen molar-refractivity contribution in [1.82, 2.24) is 25.4 Å². The van der Waals surface area contributed by atoms with E-state index in [0.29, 0.717) is 18.3 Å². The quantitative estimate of drug-likeness (QED) is 0.661. The lowest BCUT2D eigenvalue weighted by molar-refractivity contribution is -0.119. The maximum absolute atomic E-state index is 12.2. The molecule has 2 atom stereocenters. The normalized spacial score (nSPS) is 18.8. The van der Waals surface area contributed by atoms with Crippen LogP contribution in [-0.2, 0) is 16.1 Å². The Balaban J connectivity index is 1.95. The molecule has 2 rings (SSSR count). The fourth-order valence-corrected chi connectivity index (χ4v) is 3.21. The molecule has 1 aromatic heterocycles. The van der Waals surface area contributed by atoms with Crippen molar-refractivity contribution in [2.24, 2.45) is 0 Å². The number of ether oxygens (including phenoxy) is 1. The average Bonchev–Trinajstić information content (AvgIpc) is 3.10. The summed E-state index contributed by atoms with van der Waals surface area (Å²) < 4.78 is 7.02. The number of aromatic nitrogens is 3. The second-order valence-electron chi connectivity index (χ2n) is 7.01. The van der Waals surface area contributed by atoms with Crippen LogP contribution in [0.3, 0.4) is 0 Å². The number of H-pyrrole nitrogens is 1. The van der Waals surface area contributed by atoms with Gasteiger partial charge in [-0.15, -0.1) is 5.10 Å². The van der Waals surface area contributed by atoms with Crippen molar-refractivity contribution in [3.8, 4) is 0 Å². The first-order chi connectivity index (χ1) is 11.7. The number of nitrogens with one attached hydrogen (secondary N) is 3. The maximum atomic E-state index is 12.2. The van der Waals surface area contributed by atoms with Crippen LogP contribution in [0.2, 0.25) is 0 Å².